The molecule has 0 unspecified atom stereocenters. The normalized spacial score (nSPS) is 14.5. The Morgan fingerprint density at radius 3 is 2.36 bits per heavy atom. The van der Waals surface area contributed by atoms with Gasteiger partial charge < -0.3 is 9.80 Å². The van der Waals surface area contributed by atoms with Crippen molar-refractivity contribution in [3.63, 3.8) is 0 Å². The van der Waals surface area contributed by atoms with Gasteiger partial charge in [-0.3, -0.25) is 14.9 Å². The van der Waals surface area contributed by atoms with Crippen molar-refractivity contribution >= 4 is 38.3 Å². The largest absolute Gasteiger partial charge is 0.345 e. The maximum absolute atomic E-state index is 12.7. The Balaban J connectivity index is 1.44. The van der Waals surface area contributed by atoms with Crippen LogP contribution in [0, 0.1) is 24.0 Å². The van der Waals surface area contributed by atoms with Crippen LogP contribution < -0.4 is 4.90 Å². The number of thiazole rings is 1. The van der Waals surface area contributed by atoms with Crippen LogP contribution in [0.1, 0.15) is 21.5 Å². The highest BCUT2D eigenvalue weighted by Crippen LogP contribution is 2.31. The molecular formula is C20H20N4O3S. The molecule has 8 heteroatoms. The summed E-state index contributed by atoms with van der Waals surface area (Å²) in [5, 5.41) is 11.7. The molecule has 0 spiro atoms. The minimum atomic E-state index is -0.464. The summed E-state index contributed by atoms with van der Waals surface area (Å²) in [5.74, 6) is -0.0925. The van der Waals surface area contributed by atoms with Gasteiger partial charge in [0.2, 0.25) is 0 Å². The second-order valence-electron chi connectivity index (χ2n) is 6.98. The highest BCUT2D eigenvalue weighted by Gasteiger charge is 2.24. The van der Waals surface area contributed by atoms with Crippen molar-refractivity contribution in [2.45, 2.75) is 13.8 Å². The van der Waals surface area contributed by atoms with Crippen molar-refractivity contribution < 1.29 is 9.72 Å². The number of rotatable bonds is 3. The molecule has 1 aromatic heterocycles. The van der Waals surface area contributed by atoms with E-state index in [2.05, 4.69) is 30.9 Å². The third-order valence-corrected chi connectivity index (χ3v) is 6.23. The van der Waals surface area contributed by atoms with Gasteiger partial charge in [0.05, 0.1) is 15.1 Å². The van der Waals surface area contributed by atoms with Crippen LogP contribution >= 0.6 is 11.3 Å². The van der Waals surface area contributed by atoms with Crippen molar-refractivity contribution in [1.82, 2.24) is 9.88 Å². The number of aryl methyl sites for hydroxylation is 2. The first-order chi connectivity index (χ1) is 13.4. The van der Waals surface area contributed by atoms with E-state index in [0.717, 1.165) is 23.7 Å². The van der Waals surface area contributed by atoms with Crippen LogP contribution in [0.4, 0.5) is 10.8 Å². The monoisotopic (exact) mass is 396 g/mol. The van der Waals surface area contributed by atoms with E-state index in [1.807, 2.05) is 0 Å². The zero-order valence-corrected chi connectivity index (χ0v) is 16.5. The molecule has 3 aromatic rings. The van der Waals surface area contributed by atoms with Crippen LogP contribution in [0.15, 0.2) is 36.4 Å². The number of nitrogens with zero attached hydrogens (tertiary/aromatic N) is 4. The van der Waals surface area contributed by atoms with E-state index in [1.54, 1.807) is 16.2 Å². The van der Waals surface area contributed by atoms with Gasteiger partial charge in [0.1, 0.15) is 0 Å². The number of carbonyl (C=O) groups is 1. The lowest BCUT2D eigenvalue weighted by atomic mass is 10.1. The van der Waals surface area contributed by atoms with E-state index in [1.165, 1.54) is 40.1 Å². The number of carbonyl (C=O) groups excluding carboxylic acids is 1. The number of benzene rings is 2. The van der Waals surface area contributed by atoms with Gasteiger partial charge in [-0.1, -0.05) is 11.3 Å². The first kappa shape index (κ1) is 18.4. The molecule has 1 fully saturated rings. The Kier molecular flexibility index (Phi) is 4.72. The summed E-state index contributed by atoms with van der Waals surface area (Å²) in [5.41, 5.74) is 3.99. The van der Waals surface area contributed by atoms with Gasteiger partial charge in [0.25, 0.3) is 11.6 Å². The van der Waals surface area contributed by atoms with Crippen LogP contribution in [0.3, 0.4) is 0 Å². The molecule has 4 rings (SSSR count). The summed E-state index contributed by atoms with van der Waals surface area (Å²) < 4.78 is 1.18. The Morgan fingerprint density at radius 1 is 1.07 bits per heavy atom. The quantitative estimate of drug-likeness (QED) is 0.497. The van der Waals surface area contributed by atoms with Gasteiger partial charge in [-0.25, -0.2) is 4.98 Å². The molecule has 1 amide bonds. The summed E-state index contributed by atoms with van der Waals surface area (Å²) in [6.07, 6.45) is 0. The average molecular weight is 396 g/mol. The van der Waals surface area contributed by atoms with E-state index in [0.29, 0.717) is 18.7 Å². The van der Waals surface area contributed by atoms with Crippen LogP contribution in [0.5, 0.6) is 0 Å². The van der Waals surface area contributed by atoms with E-state index in [-0.39, 0.29) is 11.6 Å². The number of hydrogen-bond acceptors (Lipinski definition) is 6. The molecule has 0 atom stereocenters. The van der Waals surface area contributed by atoms with Crippen LogP contribution in [0.25, 0.3) is 10.2 Å². The topological polar surface area (TPSA) is 79.6 Å². The number of amides is 1. The molecule has 1 saturated heterocycles. The van der Waals surface area contributed by atoms with E-state index >= 15 is 0 Å². The molecule has 0 bridgehead atoms. The summed E-state index contributed by atoms with van der Waals surface area (Å²) in [7, 11) is 0. The van der Waals surface area contributed by atoms with Gasteiger partial charge in [0, 0.05) is 43.9 Å². The molecule has 0 aliphatic carbocycles. The van der Waals surface area contributed by atoms with E-state index in [9.17, 15) is 14.9 Å². The molecule has 1 aliphatic rings. The SMILES string of the molecule is Cc1cc2nc(N3CCN(C(=O)c4ccc([N+](=O)[O-])cc4)CC3)sc2cc1C. The van der Waals surface area contributed by atoms with Gasteiger partial charge >= 0.3 is 0 Å². The molecule has 7 nitrogen and oxygen atoms in total. The second kappa shape index (κ2) is 7.20. The zero-order chi connectivity index (χ0) is 19.8. The molecule has 2 heterocycles. The number of fused-ring (bicyclic) bond motifs is 1. The van der Waals surface area contributed by atoms with Crippen molar-refractivity contribution in [2.24, 2.45) is 0 Å². The van der Waals surface area contributed by atoms with Crippen LogP contribution in [-0.4, -0.2) is 46.9 Å². The summed E-state index contributed by atoms with van der Waals surface area (Å²) in [6, 6.07) is 10.1. The van der Waals surface area contributed by atoms with Crippen LogP contribution in [-0.2, 0) is 0 Å². The second-order valence-corrected chi connectivity index (χ2v) is 7.99. The van der Waals surface area contributed by atoms with E-state index in [4.69, 9.17) is 4.98 Å². The van der Waals surface area contributed by atoms with Crippen molar-refractivity contribution in [3.05, 3.63) is 63.2 Å². The van der Waals surface area contributed by atoms with Gasteiger partial charge in [-0.15, -0.1) is 0 Å². The lowest BCUT2D eigenvalue weighted by molar-refractivity contribution is -0.384. The molecule has 2 aromatic carbocycles. The third-order valence-electron chi connectivity index (χ3n) is 5.16. The predicted molar refractivity (Wildman–Crippen MR) is 110 cm³/mol. The Bertz CT molecular complexity index is 1010. The summed E-state index contributed by atoms with van der Waals surface area (Å²) in [4.78, 5) is 31.7. The molecule has 0 radical (unpaired) electrons. The third kappa shape index (κ3) is 3.43. The number of aromatic nitrogens is 1. The highest BCUT2D eigenvalue weighted by molar-refractivity contribution is 7.22. The Labute approximate surface area is 166 Å². The van der Waals surface area contributed by atoms with Crippen molar-refractivity contribution in [3.8, 4) is 0 Å². The molecule has 28 heavy (non-hydrogen) atoms. The first-order valence-corrected chi connectivity index (χ1v) is 9.90. The maximum Gasteiger partial charge on any atom is 0.269 e. The smallest absolute Gasteiger partial charge is 0.269 e. The first-order valence-electron chi connectivity index (χ1n) is 9.09. The van der Waals surface area contributed by atoms with E-state index < -0.39 is 4.92 Å². The fourth-order valence-electron chi connectivity index (χ4n) is 3.31. The number of anilines is 1. The molecule has 144 valence electrons. The fraction of sp³-hybridized carbons (Fsp3) is 0.300. The van der Waals surface area contributed by atoms with Gasteiger partial charge in [-0.2, -0.15) is 0 Å². The highest BCUT2D eigenvalue weighted by atomic mass is 32.1. The molecule has 0 N–H and O–H groups in total. The minimum absolute atomic E-state index is 0.0114. The summed E-state index contributed by atoms with van der Waals surface area (Å²) >= 11 is 1.68. The minimum Gasteiger partial charge on any atom is -0.345 e. The molecule has 1 aliphatic heterocycles. The number of piperazine rings is 1. The standard InChI is InChI=1S/C20H20N4O3S/c1-13-11-17-18(12-14(13)2)28-20(21-17)23-9-7-22(8-10-23)19(25)15-3-5-16(6-4-15)24(26)27/h3-6,11-12H,7-10H2,1-2H3. The van der Waals surface area contributed by atoms with Gasteiger partial charge in [-0.05, 0) is 49.2 Å². The molecule has 0 saturated carbocycles. The Hall–Kier alpha value is -3.00. The molecular weight excluding hydrogens is 376 g/mol. The number of nitro benzene ring substituents is 1. The Morgan fingerprint density at radius 2 is 1.71 bits per heavy atom. The zero-order valence-electron chi connectivity index (χ0n) is 15.7. The predicted octanol–water partition coefficient (Wildman–Crippen LogP) is 3.78. The average Bonchev–Trinajstić information content (AvgIpc) is 3.10. The van der Waals surface area contributed by atoms with Crippen molar-refractivity contribution in [2.75, 3.05) is 31.1 Å². The lowest BCUT2D eigenvalue weighted by Gasteiger charge is -2.34. The number of hydrogen-bond donors (Lipinski definition) is 0. The maximum atomic E-state index is 12.7. The van der Waals surface area contributed by atoms with Gasteiger partial charge in [0.15, 0.2) is 5.13 Å². The number of non-ortho nitro benzene ring substituents is 1. The van der Waals surface area contributed by atoms with Crippen LogP contribution in [0.2, 0.25) is 0 Å². The van der Waals surface area contributed by atoms with Crippen molar-refractivity contribution in [1.29, 1.82) is 0 Å². The lowest BCUT2D eigenvalue weighted by Crippen LogP contribution is -2.48. The fourth-order valence-corrected chi connectivity index (χ4v) is 4.41. The number of nitro groups is 1. The summed E-state index contributed by atoms with van der Waals surface area (Å²) in [6.45, 7) is 6.84.